The minimum atomic E-state index is -0.864. The third-order valence-corrected chi connectivity index (χ3v) is 19.8. The summed E-state index contributed by atoms with van der Waals surface area (Å²) in [6, 6.07) is 20.2. The summed E-state index contributed by atoms with van der Waals surface area (Å²) >= 11 is 15.8. The number of hydrogen-bond donors (Lipinski definition) is 3. The number of H-pyrrole nitrogens is 1. The SMILES string of the molecule is COC(=O)C1=C(CN2CCN3C(=O)N(c4nc(-c5ccc(C(C)=O)cc5)cn4C)C[C@@H]3C2)NC(c2nccs2)=N[C@H]1c1ccc(F)cc1Cl.COC(=O)C1=C(CN2CCN3C(=O)N(c4ncc(-c5ccc(C(C)=O)cc5)[nH]4)C[C@@H]3C2)NC(c2nccs2)=N[C@H]1c1ccc(F)cc1Cl. The highest BCUT2D eigenvalue weighted by Gasteiger charge is 2.46. The summed E-state index contributed by atoms with van der Waals surface area (Å²) in [5.41, 5.74) is 6.95. The Bertz CT molecular complexity index is 4540. The van der Waals surface area contributed by atoms with E-state index in [9.17, 15) is 37.5 Å². The molecular weight excluding hydrogens is 1330 g/mol. The van der Waals surface area contributed by atoms with Crippen molar-refractivity contribution in [1.29, 1.82) is 0 Å². The van der Waals surface area contributed by atoms with Crippen molar-refractivity contribution in [3.63, 3.8) is 0 Å². The number of fused-ring (bicyclic) bond motifs is 2. The van der Waals surface area contributed by atoms with Crippen molar-refractivity contribution in [2.45, 2.75) is 38.0 Å². The molecule has 10 heterocycles. The lowest BCUT2D eigenvalue weighted by atomic mass is 9.95. The van der Waals surface area contributed by atoms with Gasteiger partial charge in [-0.15, -0.1) is 22.7 Å². The van der Waals surface area contributed by atoms with Gasteiger partial charge in [0.2, 0.25) is 11.9 Å². The van der Waals surface area contributed by atoms with Crippen LogP contribution in [0.5, 0.6) is 0 Å². The van der Waals surface area contributed by atoms with E-state index < -0.39 is 35.7 Å². The fourth-order valence-electron chi connectivity index (χ4n) is 12.8. The van der Waals surface area contributed by atoms with E-state index in [0.717, 1.165) is 16.8 Å². The molecule has 4 aromatic heterocycles. The number of aryl methyl sites for hydroxylation is 1. The normalized spacial score (nSPS) is 19.6. The number of aromatic nitrogens is 6. The standard InChI is InChI=1S/C34H32ClFN8O4S.C33H30ClFN8O4S/c1-19(45)20-4-6-21(7-5-20)26-17-41(2)33(39-26)44-16-23-15-42(11-12-43(23)34(44)47)18-27-28(32(46)48-3)29(24-9-8-22(36)14-25(24)35)40-30(38-27)31-37-10-13-49-31;1-18(44)19-3-5-20(6-4-19)25-14-37-32(39-25)43-16-22-15-41(10-11-42(22)33(43)46)17-26-27(31(45)47-2)28(23-8-7-21(35)13-24(23)34)40-29(38-26)30-36-9-12-48-30/h4-10,13-14,17,23,29H,11-12,15-16,18H2,1-3H3,(H,38,40);3-9,12-14,22,28H,10-11,15-17H2,1-2H3,(H,37,39)(H,38,40)/t23-,29-;22-,28-/m00/s1. The Morgan fingerprint density at radius 2 is 1.09 bits per heavy atom. The maximum atomic E-state index is 14.0. The Morgan fingerprint density at radius 1 is 0.619 bits per heavy atom. The molecule has 0 aliphatic carbocycles. The van der Waals surface area contributed by atoms with Crippen LogP contribution >= 0.6 is 45.9 Å². The van der Waals surface area contributed by atoms with Gasteiger partial charge in [0.25, 0.3) is 0 Å². The average Bonchev–Trinajstić information content (AvgIpc) is 1.76. The molecule has 0 radical (unpaired) electrons. The number of esters is 2. The predicted molar refractivity (Wildman–Crippen MR) is 362 cm³/mol. The van der Waals surface area contributed by atoms with E-state index in [2.05, 4.69) is 40.4 Å². The lowest BCUT2D eigenvalue weighted by Crippen LogP contribution is -2.53. The van der Waals surface area contributed by atoms with Crippen molar-refractivity contribution in [1.82, 2.24) is 59.7 Å². The number of hydrogen-bond acceptors (Lipinski definition) is 20. The number of thiazole rings is 2. The van der Waals surface area contributed by atoms with Gasteiger partial charge in [-0.2, -0.15) is 0 Å². The number of nitrogens with zero attached hydrogens (tertiary/aromatic N) is 13. The van der Waals surface area contributed by atoms with Crippen LogP contribution in [0.25, 0.3) is 22.5 Å². The van der Waals surface area contributed by atoms with E-state index in [0.29, 0.717) is 138 Å². The van der Waals surface area contributed by atoms with E-state index >= 15 is 0 Å². The minimum absolute atomic E-state index is 0.0103. The average molecular weight is 1390 g/mol. The molecule has 3 N–H and O–H groups in total. The minimum Gasteiger partial charge on any atom is -0.466 e. The van der Waals surface area contributed by atoms with Crippen LogP contribution < -0.4 is 20.4 Å². The number of benzene rings is 4. The Kier molecular flexibility index (Phi) is 18.8. The fourth-order valence-corrected chi connectivity index (χ4v) is 14.5. The van der Waals surface area contributed by atoms with E-state index in [4.69, 9.17) is 47.6 Å². The number of carbonyl (C=O) groups excluding carboxylic acids is 6. The van der Waals surface area contributed by atoms with Gasteiger partial charge in [-0.05, 0) is 43.7 Å². The molecule has 4 atom stereocenters. The molecule has 14 rings (SSSR count). The van der Waals surface area contributed by atoms with Crippen LogP contribution in [0, 0.1) is 11.6 Å². The molecule has 4 aromatic carbocycles. The number of amides is 4. The first-order chi connectivity index (χ1) is 46.8. The monoisotopic (exact) mass is 1390 g/mol. The Hall–Kier alpha value is -9.84. The van der Waals surface area contributed by atoms with Crippen LogP contribution in [0.3, 0.4) is 0 Å². The smallest absolute Gasteiger partial charge is 0.338 e. The summed E-state index contributed by atoms with van der Waals surface area (Å²) in [5.74, 6) is -0.298. The van der Waals surface area contributed by atoms with Crippen LogP contribution in [0.15, 0.2) is 153 Å². The highest BCUT2D eigenvalue weighted by Crippen LogP contribution is 2.40. The molecule has 4 amide bonds. The van der Waals surface area contributed by atoms with Crippen LogP contribution in [0.2, 0.25) is 10.0 Å². The van der Waals surface area contributed by atoms with Gasteiger partial charge < -0.3 is 39.5 Å². The van der Waals surface area contributed by atoms with Crippen molar-refractivity contribution in [2.75, 3.05) is 89.5 Å². The molecule has 0 spiro atoms. The van der Waals surface area contributed by atoms with Gasteiger partial charge in [-0.25, -0.2) is 47.9 Å². The number of ether oxygens (including phenoxy) is 2. The maximum absolute atomic E-state index is 14.0. The van der Waals surface area contributed by atoms with Crippen LogP contribution in [-0.4, -0.2) is 188 Å². The van der Waals surface area contributed by atoms with E-state index in [-0.39, 0.29) is 56.9 Å². The van der Waals surface area contributed by atoms with Crippen LogP contribution in [0.1, 0.15) is 67.8 Å². The number of nitrogens with one attached hydrogen (secondary N) is 3. The number of aliphatic imine (C=N–C) groups is 2. The molecule has 97 heavy (non-hydrogen) atoms. The number of urea groups is 2. The Morgan fingerprint density at radius 3 is 1.55 bits per heavy atom. The van der Waals surface area contributed by atoms with Crippen molar-refractivity contribution < 1.29 is 47.0 Å². The number of rotatable bonds is 16. The highest BCUT2D eigenvalue weighted by molar-refractivity contribution is 7.12. The highest BCUT2D eigenvalue weighted by atomic mass is 35.5. The molecular formula is C67H62Cl2F2N16O8S2. The molecule has 0 unspecified atom stereocenters. The van der Waals surface area contributed by atoms with Crippen LogP contribution in [0.4, 0.5) is 30.3 Å². The summed E-state index contributed by atoms with van der Waals surface area (Å²) in [5, 5.41) is 11.8. The summed E-state index contributed by atoms with van der Waals surface area (Å²) in [7, 11) is 4.46. The first kappa shape index (κ1) is 65.8. The van der Waals surface area contributed by atoms with Crippen molar-refractivity contribution in [3.05, 3.63) is 197 Å². The number of halogens is 4. The lowest BCUT2D eigenvalue weighted by Gasteiger charge is -2.38. The van der Waals surface area contributed by atoms with Crippen molar-refractivity contribution in [2.24, 2.45) is 17.0 Å². The second-order valence-corrected chi connectivity index (χ2v) is 26.3. The molecule has 6 aliphatic heterocycles. The fraction of sp³-hybridized carbons (Fsp3) is 0.284. The van der Waals surface area contributed by atoms with Gasteiger partial charge in [-0.1, -0.05) is 83.9 Å². The number of Topliss-reactive ketones (excluding diaryl/α,β-unsaturated/α-hetero) is 2. The quantitative estimate of drug-likeness (QED) is 0.0601. The lowest BCUT2D eigenvalue weighted by molar-refractivity contribution is -0.137. The van der Waals surface area contributed by atoms with Gasteiger partial charge in [0, 0.05) is 138 Å². The zero-order valence-corrected chi connectivity index (χ0v) is 56.0. The summed E-state index contributed by atoms with van der Waals surface area (Å²) < 4.78 is 40.3. The number of imidazole rings is 2. The topological polar surface area (TPSA) is 261 Å². The zero-order valence-electron chi connectivity index (χ0n) is 52.8. The molecule has 4 fully saturated rings. The van der Waals surface area contributed by atoms with Crippen molar-refractivity contribution in [3.8, 4) is 22.5 Å². The molecule has 8 aromatic rings. The number of amidine groups is 2. The summed E-state index contributed by atoms with van der Waals surface area (Å²) in [6.07, 6.45) is 6.88. The summed E-state index contributed by atoms with van der Waals surface area (Å²) in [4.78, 5) is 120. The second-order valence-electron chi connectivity index (χ2n) is 23.7. The molecule has 24 nitrogen and oxygen atoms in total. The summed E-state index contributed by atoms with van der Waals surface area (Å²) in [6.45, 7) is 7.67. The molecule has 4 saturated heterocycles. The molecule has 6 aliphatic rings. The largest absolute Gasteiger partial charge is 0.466 e. The van der Waals surface area contributed by atoms with E-state index in [1.54, 1.807) is 52.7 Å². The van der Waals surface area contributed by atoms with Gasteiger partial charge in [-0.3, -0.25) is 39.2 Å². The second kappa shape index (κ2) is 27.7. The third-order valence-electron chi connectivity index (χ3n) is 17.6. The van der Waals surface area contributed by atoms with Gasteiger partial charge >= 0.3 is 24.0 Å². The van der Waals surface area contributed by atoms with Crippen molar-refractivity contribution >= 4 is 105 Å². The molecule has 498 valence electrons. The van der Waals surface area contributed by atoms with E-state index in [1.165, 1.54) is 87.1 Å². The Balaban J connectivity index is 0.000000175. The molecule has 30 heteroatoms. The van der Waals surface area contributed by atoms with Crippen LogP contribution in [-0.2, 0) is 26.1 Å². The predicted octanol–water partition coefficient (Wildman–Crippen LogP) is 9.36. The molecule has 0 saturated carbocycles. The number of carbonyl (C=O) groups is 6. The van der Waals surface area contributed by atoms with Gasteiger partial charge in [0.15, 0.2) is 33.3 Å². The van der Waals surface area contributed by atoms with Gasteiger partial charge in [0.05, 0.1) is 68.1 Å². The molecule has 0 bridgehead atoms. The maximum Gasteiger partial charge on any atom is 0.338 e. The third kappa shape index (κ3) is 13.4. The van der Waals surface area contributed by atoms with E-state index in [1.807, 2.05) is 62.6 Å². The Labute approximate surface area is 572 Å². The number of aromatic amines is 1. The first-order valence-corrected chi connectivity index (χ1v) is 33.3. The number of anilines is 2. The number of methoxy groups -OCH3 is 2. The van der Waals surface area contributed by atoms with Gasteiger partial charge in [0.1, 0.15) is 23.7 Å². The first-order valence-electron chi connectivity index (χ1n) is 30.7. The zero-order chi connectivity index (χ0) is 67.9. The number of piperazine rings is 2. The number of ketones is 2.